The third-order valence-electron chi connectivity index (χ3n) is 3.50. The van der Waals surface area contributed by atoms with Crippen molar-refractivity contribution >= 4 is 5.69 Å². The molecule has 6 nitrogen and oxygen atoms in total. The third-order valence-corrected chi connectivity index (χ3v) is 3.50. The van der Waals surface area contributed by atoms with Crippen LogP contribution in [0.5, 0.6) is 5.75 Å². The van der Waals surface area contributed by atoms with Crippen LogP contribution in [0.4, 0.5) is 10.1 Å². The fourth-order valence-electron chi connectivity index (χ4n) is 2.12. The van der Waals surface area contributed by atoms with Crippen molar-refractivity contribution in [1.82, 2.24) is 5.32 Å². The van der Waals surface area contributed by atoms with Crippen molar-refractivity contribution in [2.24, 2.45) is 0 Å². The first kappa shape index (κ1) is 17.8. The number of non-ortho nitro benzene ring substituents is 1. The number of benzene rings is 2. The summed E-state index contributed by atoms with van der Waals surface area (Å²) >= 11 is 0. The van der Waals surface area contributed by atoms with Gasteiger partial charge in [-0.3, -0.25) is 10.1 Å². The van der Waals surface area contributed by atoms with Crippen LogP contribution in [0.1, 0.15) is 18.5 Å². The minimum atomic E-state index is -0.785. The molecule has 2 aromatic rings. The zero-order valence-corrected chi connectivity index (χ0v) is 13.2. The summed E-state index contributed by atoms with van der Waals surface area (Å²) in [6.07, 6.45) is -0.785. The Morgan fingerprint density at radius 3 is 2.67 bits per heavy atom. The monoisotopic (exact) mass is 334 g/mol. The number of hydrogen-bond donors (Lipinski definition) is 2. The molecule has 0 fully saturated rings. The smallest absolute Gasteiger partial charge is 0.273 e. The highest BCUT2D eigenvalue weighted by Gasteiger charge is 2.11. The second-order valence-corrected chi connectivity index (χ2v) is 5.40. The first-order chi connectivity index (χ1) is 11.5. The molecule has 0 spiro atoms. The first-order valence-electron chi connectivity index (χ1n) is 7.50. The molecule has 0 heterocycles. The van der Waals surface area contributed by atoms with Gasteiger partial charge in [0.2, 0.25) is 0 Å². The van der Waals surface area contributed by atoms with Crippen molar-refractivity contribution in [2.75, 3.05) is 13.2 Å². The lowest BCUT2D eigenvalue weighted by Gasteiger charge is -2.18. The van der Waals surface area contributed by atoms with Gasteiger partial charge < -0.3 is 15.2 Å². The summed E-state index contributed by atoms with van der Waals surface area (Å²) in [5.41, 5.74) is 0.841. The fraction of sp³-hybridized carbons (Fsp3) is 0.294. The number of nitro benzene ring substituents is 1. The summed E-state index contributed by atoms with van der Waals surface area (Å²) in [4.78, 5) is 10.2. The van der Waals surface area contributed by atoms with Crippen LogP contribution in [0.2, 0.25) is 0 Å². The predicted octanol–water partition coefficient (Wildman–Crippen LogP) is 2.82. The highest BCUT2D eigenvalue weighted by atomic mass is 19.1. The highest BCUT2D eigenvalue weighted by molar-refractivity contribution is 5.37. The van der Waals surface area contributed by atoms with Gasteiger partial charge in [0.1, 0.15) is 24.3 Å². The second-order valence-electron chi connectivity index (χ2n) is 5.40. The van der Waals surface area contributed by atoms with Gasteiger partial charge in [0.25, 0.3) is 5.69 Å². The molecule has 24 heavy (non-hydrogen) atoms. The zero-order chi connectivity index (χ0) is 17.5. The molecule has 2 aromatic carbocycles. The van der Waals surface area contributed by atoms with Gasteiger partial charge in [-0.1, -0.05) is 18.2 Å². The minimum Gasteiger partial charge on any atom is -0.491 e. The summed E-state index contributed by atoms with van der Waals surface area (Å²) in [5, 5.41) is 23.8. The standard InChI is InChI=1S/C17H19FN2O4/c1-12(13-5-7-14(18)8-6-13)19-10-16(21)11-24-17-4-2-3-15(9-17)20(22)23/h2-9,12,16,19,21H,10-11H2,1H3/t12-,16-/m0/s1. The summed E-state index contributed by atoms with van der Waals surface area (Å²) in [6.45, 7) is 2.18. The summed E-state index contributed by atoms with van der Waals surface area (Å²) in [6, 6.07) is 11.9. The van der Waals surface area contributed by atoms with Gasteiger partial charge in [-0.2, -0.15) is 0 Å². The van der Waals surface area contributed by atoms with Crippen LogP contribution in [0.15, 0.2) is 48.5 Å². The van der Waals surface area contributed by atoms with E-state index in [0.29, 0.717) is 5.75 Å². The second kappa shape index (κ2) is 8.37. The van der Waals surface area contributed by atoms with E-state index in [0.717, 1.165) is 5.56 Å². The van der Waals surface area contributed by atoms with E-state index in [1.165, 1.54) is 30.3 Å². The van der Waals surface area contributed by atoms with Crippen LogP contribution < -0.4 is 10.1 Å². The van der Waals surface area contributed by atoms with Crippen molar-refractivity contribution in [3.05, 3.63) is 70.0 Å². The number of ether oxygens (including phenoxy) is 1. The quantitative estimate of drug-likeness (QED) is 0.573. The van der Waals surface area contributed by atoms with E-state index in [1.54, 1.807) is 18.2 Å². The van der Waals surface area contributed by atoms with E-state index in [9.17, 15) is 19.6 Å². The number of hydrogen-bond acceptors (Lipinski definition) is 5. The van der Waals surface area contributed by atoms with Gasteiger partial charge in [-0.25, -0.2) is 4.39 Å². The molecule has 0 radical (unpaired) electrons. The SMILES string of the molecule is C[C@H](NC[C@H](O)COc1cccc([N+](=O)[O-])c1)c1ccc(F)cc1. The van der Waals surface area contributed by atoms with Gasteiger partial charge in [-0.05, 0) is 30.7 Å². The molecule has 0 aliphatic heterocycles. The van der Waals surface area contributed by atoms with Crippen LogP contribution in [0.3, 0.4) is 0 Å². The van der Waals surface area contributed by atoms with Crippen molar-refractivity contribution in [1.29, 1.82) is 0 Å². The maximum absolute atomic E-state index is 12.9. The van der Waals surface area contributed by atoms with Crippen molar-refractivity contribution in [2.45, 2.75) is 19.1 Å². The largest absolute Gasteiger partial charge is 0.491 e. The Labute approximate surface area is 139 Å². The molecular weight excluding hydrogens is 315 g/mol. The van der Waals surface area contributed by atoms with E-state index in [-0.39, 0.29) is 30.7 Å². The molecular formula is C17H19FN2O4. The molecule has 0 saturated carbocycles. The molecule has 0 saturated heterocycles. The molecule has 2 N–H and O–H groups in total. The lowest BCUT2D eigenvalue weighted by molar-refractivity contribution is -0.384. The molecule has 0 amide bonds. The lowest BCUT2D eigenvalue weighted by Crippen LogP contribution is -2.33. The molecule has 128 valence electrons. The predicted molar refractivity (Wildman–Crippen MR) is 87.4 cm³/mol. The fourth-order valence-corrected chi connectivity index (χ4v) is 2.12. The topological polar surface area (TPSA) is 84.6 Å². The average molecular weight is 334 g/mol. The van der Waals surface area contributed by atoms with Crippen LogP contribution in [0.25, 0.3) is 0 Å². The lowest BCUT2D eigenvalue weighted by atomic mass is 10.1. The van der Waals surface area contributed by atoms with Crippen molar-refractivity contribution < 1.29 is 19.2 Å². The zero-order valence-electron chi connectivity index (χ0n) is 13.2. The van der Waals surface area contributed by atoms with Crippen LogP contribution in [-0.4, -0.2) is 29.3 Å². The first-order valence-corrected chi connectivity index (χ1v) is 7.50. The minimum absolute atomic E-state index is 0.00427. The number of aliphatic hydroxyl groups excluding tert-OH is 1. The number of nitrogens with zero attached hydrogens (tertiary/aromatic N) is 1. The Hall–Kier alpha value is -2.51. The molecule has 0 unspecified atom stereocenters. The molecule has 0 bridgehead atoms. The number of nitrogens with one attached hydrogen (secondary N) is 1. The van der Waals surface area contributed by atoms with E-state index >= 15 is 0 Å². The normalized spacial score (nSPS) is 13.3. The van der Waals surface area contributed by atoms with Gasteiger partial charge in [-0.15, -0.1) is 0 Å². The number of rotatable bonds is 8. The Morgan fingerprint density at radius 2 is 2.00 bits per heavy atom. The molecule has 0 aromatic heterocycles. The van der Waals surface area contributed by atoms with E-state index in [2.05, 4.69) is 5.32 Å². The Bertz CT molecular complexity index is 679. The molecule has 7 heteroatoms. The van der Waals surface area contributed by atoms with Crippen molar-refractivity contribution in [3.8, 4) is 5.75 Å². The van der Waals surface area contributed by atoms with Gasteiger partial charge >= 0.3 is 0 Å². The van der Waals surface area contributed by atoms with E-state index < -0.39 is 11.0 Å². The van der Waals surface area contributed by atoms with Crippen LogP contribution >= 0.6 is 0 Å². The summed E-state index contributed by atoms with van der Waals surface area (Å²) in [5.74, 6) is 0.0335. The number of halogens is 1. The van der Waals surface area contributed by atoms with E-state index in [1.807, 2.05) is 6.92 Å². The summed E-state index contributed by atoms with van der Waals surface area (Å²) < 4.78 is 18.3. The molecule has 2 atom stereocenters. The Kier molecular flexibility index (Phi) is 6.22. The van der Waals surface area contributed by atoms with Gasteiger partial charge in [0, 0.05) is 18.7 Å². The number of nitro groups is 1. The maximum atomic E-state index is 12.9. The van der Waals surface area contributed by atoms with Gasteiger partial charge in [0.15, 0.2) is 0 Å². The van der Waals surface area contributed by atoms with E-state index in [4.69, 9.17) is 4.74 Å². The Morgan fingerprint density at radius 1 is 1.29 bits per heavy atom. The molecule has 0 aliphatic carbocycles. The average Bonchev–Trinajstić information content (AvgIpc) is 2.58. The maximum Gasteiger partial charge on any atom is 0.273 e. The Balaban J connectivity index is 1.79. The molecule has 2 rings (SSSR count). The summed E-state index contributed by atoms with van der Waals surface area (Å²) in [7, 11) is 0. The van der Waals surface area contributed by atoms with Crippen LogP contribution in [0, 0.1) is 15.9 Å². The molecule has 0 aliphatic rings. The number of aliphatic hydroxyl groups is 1. The van der Waals surface area contributed by atoms with Crippen molar-refractivity contribution in [3.63, 3.8) is 0 Å². The highest BCUT2D eigenvalue weighted by Crippen LogP contribution is 2.19. The van der Waals surface area contributed by atoms with Gasteiger partial charge in [0.05, 0.1) is 11.0 Å². The third kappa shape index (κ3) is 5.29. The van der Waals surface area contributed by atoms with Crippen LogP contribution in [-0.2, 0) is 0 Å².